The van der Waals surface area contributed by atoms with E-state index in [-0.39, 0.29) is 17.8 Å². The third-order valence-corrected chi connectivity index (χ3v) is 5.02. The fraction of sp³-hybridized carbons (Fsp3) is 0.217. The van der Waals surface area contributed by atoms with Gasteiger partial charge in [-0.05, 0) is 36.4 Å². The number of nitrogens with zero attached hydrogens (tertiary/aromatic N) is 4. The lowest BCUT2D eigenvalue weighted by molar-refractivity contribution is 0.0992. The van der Waals surface area contributed by atoms with Crippen molar-refractivity contribution in [3.05, 3.63) is 82.6 Å². The molecule has 8 nitrogen and oxygen atoms in total. The zero-order chi connectivity index (χ0) is 22.7. The van der Waals surface area contributed by atoms with Crippen molar-refractivity contribution in [2.45, 2.75) is 32.8 Å². The molecule has 1 amide bonds. The van der Waals surface area contributed by atoms with Crippen molar-refractivity contribution >= 4 is 27.7 Å². The number of ether oxygens (including phenoxy) is 1. The first-order valence-corrected chi connectivity index (χ1v) is 10.8. The molecule has 0 saturated heterocycles. The molecule has 0 radical (unpaired) electrons. The number of amides is 1. The average molecular weight is 496 g/mol. The molecule has 0 saturated carbocycles. The Kier molecular flexibility index (Phi) is 6.09. The molecular formula is C23H22BrN5O3. The standard InChI is InChI=1S/C23H22BrN5O3/c1-23(2,3)19-13-20(29(28-19)22-25-10-5-11-26-22)27-21(30)18-9-8-17(32-18)14-31-16-7-4-6-15(24)12-16/h4-13H,14H2,1-3H3,(H,27,30). The average Bonchev–Trinajstić information content (AvgIpc) is 3.40. The number of carbonyl (C=O) groups excluding carboxylic acids is 1. The fourth-order valence-corrected chi connectivity index (χ4v) is 3.23. The minimum atomic E-state index is -0.406. The maximum atomic E-state index is 12.9. The molecule has 0 aliphatic carbocycles. The number of nitrogens with one attached hydrogen (secondary N) is 1. The molecule has 0 unspecified atom stereocenters. The van der Waals surface area contributed by atoms with Crippen LogP contribution in [0.25, 0.3) is 5.95 Å². The lowest BCUT2D eigenvalue weighted by Gasteiger charge is -2.13. The normalized spacial score (nSPS) is 11.4. The van der Waals surface area contributed by atoms with Crippen LogP contribution >= 0.6 is 15.9 Å². The molecule has 0 bridgehead atoms. The number of hydrogen-bond acceptors (Lipinski definition) is 6. The summed E-state index contributed by atoms with van der Waals surface area (Å²) < 4.78 is 13.8. The van der Waals surface area contributed by atoms with Gasteiger partial charge in [0, 0.05) is 28.3 Å². The van der Waals surface area contributed by atoms with Gasteiger partial charge in [-0.15, -0.1) is 0 Å². The molecule has 0 atom stereocenters. The summed E-state index contributed by atoms with van der Waals surface area (Å²) in [6.07, 6.45) is 3.24. The first-order valence-electron chi connectivity index (χ1n) is 9.96. The number of aromatic nitrogens is 4. The van der Waals surface area contributed by atoms with E-state index in [4.69, 9.17) is 9.15 Å². The van der Waals surface area contributed by atoms with Gasteiger partial charge in [-0.2, -0.15) is 9.78 Å². The van der Waals surface area contributed by atoms with E-state index in [2.05, 4.69) is 36.3 Å². The molecule has 4 aromatic rings. The van der Waals surface area contributed by atoms with Crippen LogP contribution in [0.1, 0.15) is 42.8 Å². The molecule has 0 fully saturated rings. The van der Waals surface area contributed by atoms with Crippen LogP contribution in [-0.2, 0) is 12.0 Å². The molecule has 0 aliphatic rings. The summed E-state index contributed by atoms with van der Waals surface area (Å²) in [7, 11) is 0. The third-order valence-electron chi connectivity index (χ3n) is 4.52. The Balaban J connectivity index is 1.51. The number of carbonyl (C=O) groups is 1. The maximum Gasteiger partial charge on any atom is 0.292 e. The van der Waals surface area contributed by atoms with Crippen molar-refractivity contribution in [1.29, 1.82) is 0 Å². The van der Waals surface area contributed by atoms with E-state index in [1.54, 1.807) is 30.6 Å². The molecule has 164 valence electrons. The van der Waals surface area contributed by atoms with Gasteiger partial charge < -0.3 is 14.5 Å². The van der Waals surface area contributed by atoms with Crippen LogP contribution in [0.4, 0.5) is 5.82 Å². The van der Waals surface area contributed by atoms with E-state index in [0.717, 1.165) is 10.2 Å². The summed E-state index contributed by atoms with van der Waals surface area (Å²) in [6.45, 7) is 6.33. The lowest BCUT2D eigenvalue weighted by Crippen LogP contribution is -2.16. The SMILES string of the molecule is CC(C)(C)c1cc(NC(=O)c2ccc(COc3cccc(Br)c3)o2)n(-c2ncccn2)n1. The number of rotatable bonds is 6. The molecular weight excluding hydrogens is 474 g/mol. The fourth-order valence-electron chi connectivity index (χ4n) is 2.86. The lowest BCUT2D eigenvalue weighted by atomic mass is 9.92. The van der Waals surface area contributed by atoms with Crippen molar-refractivity contribution in [3.8, 4) is 11.7 Å². The van der Waals surface area contributed by atoms with Gasteiger partial charge in [0.1, 0.15) is 23.9 Å². The van der Waals surface area contributed by atoms with E-state index < -0.39 is 5.91 Å². The van der Waals surface area contributed by atoms with Gasteiger partial charge in [-0.3, -0.25) is 4.79 Å². The minimum absolute atomic E-state index is 0.164. The molecule has 32 heavy (non-hydrogen) atoms. The number of hydrogen-bond donors (Lipinski definition) is 1. The smallest absolute Gasteiger partial charge is 0.292 e. The van der Waals surface area contributed by atoms with Crippen LogP contribution in [-0.4, -0.2) is 25.7 Å². The van der Waals surface area contributed by atoms with E-state index in [0.29, 0.717) is 23.3 Å². The van der Waals surface area contributed by atoms with Gasteiger partial charge in [-0.1, -0.05) is 42.8 Å². The summed E-state index contributed by atoms with van der Waals surface area (Å²) in [6, 6.07) is 14.4. The highest BCUT2D eigenvalue weighted by Crippen LogP contribution is 2.26. The minimum Gasteiger partial charge on any atom is -0.486 e. The Labute approximate surface area is 193 Å². The number of anilines is 1. The van der Waals surface area contributed by atoms with Gasteiger partial charge in [0.2, 0.25) is 0 Å². The molecule has 1 aromatic carbocycles. The Hall–Kier alpha value is -3.46. The summed E-state index contributed by atoms with van der Waals surface area (Å²) >= 11 is 3.41. The van der Waals surface area contributed by atoms with Crippen molar-refractivity contribution in [1.82, 2.24) is 19.7 Å². The Bertz CT molecular complexity index is 1230. The highest BCUT2D eigenvalue weighted by Gasteiger charge is 2.23. The summed E-state index contributed by atoms with van der Waals surface area (Å²) in [4.78, 5) is 21.3. The Morgan fingerprint density at radius 1 is 1.12 bits per heavy atom. The number of benzene rings is 1. The van der Waals surface area contributed by atoms with Gasteiger partial charge in [0.25, 0.3) is 11.9 Å². The van der Waals surface area contributed by atoms with Crippen molar-refractivity contribution in [3.63, 3.8) is 0 Å². The van der Waals surface area contributed by atoms with Crippen LogP contribution in [0.2, 0.25) is 0 Å². The second-order valence-electron chi connectivity index (χ2n) is 8.09. The molecule has 4 rings (SSSR count). The monoisotopic (exact) mass is 495 g/mol. The molecule has 0 spiro atoms. The number of furan rings is 1. The van der Waals surface area contributed by atoms with Gasteiger partial charge in [0.05, 0.1) is 5.69 Å². The van der Waals surface area contributed by atoms with Crippen molar-refractivity contribution in [2.75, 3.05) is 5.32 Å². The second kappa shape index (κ2) is 8.96. The first kappa shape index (κ1) is 21.8. The zero-order valence-corrected chi connectivity index (χ0v) is 19.5. The van der Waals surface area contributed by atoms with Crippen LogP contribution in [0.15, 0.2) is 69.8 Å². The van der Waals surface area contributed by atoms with Gasteiger partial charge in [-0.25, -0.2) is 9.97 Å². The third kappa shape index (κ3) is 5.05. The van der Waals surface area contributed by atoms with Crippen molar-refractivity contribution < 1.29 is 13.9 Å². The van der Waals surface area contributed by atoms with E-state index in [1.165, 1.54) is 4.68 Å². The predicted octanol–water partition coefficient (Wildman–Crippen LogP) is 5.15. The second-order valence-corrected chi connectivity index (χ2v) is 9.01. The van der Waals surface area contributed by atoms with Crippen LogP contribution in [0.3, 0.4) is 0 Å². The predicted molar refractivity (Wildman–Crippen MR) is 123 cm³/mol. The Morgan fingerprint density at radius 3 is 2.62 bits per heavy atom. The molecule has 3 aromatic heterocycles. The zero-order valence-electron chi connectivity index (χ0n) is 17.9. The highest BCUT2D eigenvalue weighted by molar-refractivity contribution is 9.10. The molecule has 0 aliphatic heterocycles. The first-order chi connectivity index (χ1) is 15.3. The van der Waals surface area contributed by atoms with Crippen molar-refractivity contribution in [2.24, 2.45) is 0 Å². The molecule has 9 heteroatoms. The topological polar surface area (TPSA) is 95.1 Å². The van der Waals surface area contributed by atoms with Crippen LogP contribution < -0.4 is 10.1 Å². The summed E-state index contributed by atoms with van der Waals surface area (Å²) in [5.74, 6) is 1.80. The van der Waals surface area contributed by atoms with E-state index >= 15 is 0 Å². The maximum absolute atomic E-state index is 12.9. The molecule has 3 heterocycles. The van der Waals surface area contributed by atoms with Crippen LogP contribution in [0, 0.1) is 0 Å². The summed E-state index contributed by atoms with van der Waals surface area (Å²) in [5, 5.41) is 7.45. The molecule has 1 N–H and O–H groups in total. The van der Waals surface area contributed by atoms with E-state index in [9.17, 15) is 4.79 Å². The van der Waals surface area contributed by atoms with Gasteiger partial charge in [0.15, 0.2) is 5.76 Å². The highest BCUT2D eigenvalue weighted by atomic mass is 79.9. The van der Waals surface area contributed by atoms with Crippen LogP contribution in [0.5, 0.6) is 5.75 Å². The Morgan fingerprint density at radius 2 is 1.91 bits per heavy atom. The van der Waals surface area contributed by atoms with E-state index in [1.807, 2.05) is 51.1 Å². The quantitative estimate of drug-likeness (QED) is 0.397. The summed E-state index contributed by atoms with van der Waals surface area (Å²) in [5.41, 5.74) is 0.573. The largest absolute Gasteiger partial charge is 0.486 e. The number of halogens is 1. The van der Waals surface area contributed by atoms with Gasteiger partial charge >= 0.3 is 0 Å².